The van der Waals surface area contributed by atoms with E-state index in [1.807, 2.05) is 0 Å². The Morgan fingerprint density at radius 3 is 1.64 bits per heavy atom. The van der Waals surface area contributed by atoms with Crippen LogP contribution in [0.1, 0.15) is 0 Å². The Hall–Kier alpha value is 0.750. The molecule has 0 aliphatic carbocycles. The minimum atomic E-state index is -1.99. The van der Waals surface area contributed by atoms with Crippen LogP contribution in [0.3, 0.4) is 0 Å². The van der Waals surface area contributed by atoms with Gasteiger partial charge in [0.1, 0.15) is 0 Å². The average Bonchev–Trinajstić information content (AvgIpc) is 1.95. The van der Waals surface area contributed by atoms with Gasteiger partial charge in [0, 0.05) is 0 Å². The SMILES string of the molecule is C=NC(=NC(=N)C(Cl)(Cl)Cl)C(Cl)(Cl)Cl. The third-order valence-electron chi connectivity index (χ3n) is 0.890. The smallest absolute Gasteiger partial charge is 0.250 e. The second kappa shape index (κ2) is 5.19. The molecule has 14 heavy (non-hydrogen) atoms. The lowest BCUT2D eigenvalue weighted by Gasteiger charge is -2.12. The zero-order chi connectivity index (χ0) is 11.6. The molecule has 0 amide bonds. The maximum atomic E-state index is 7.21. The van der Waals surface area contributed by atoms with E-state index in [1.54, 1.807) is 0 Å². The zero-order valence-corrected chi connectivity index (χ0v) is 10.9. The van der Waals surface area contributed by atoms with Crippen molar-refractivity contribution in [2.75, 3.05) is 0 Å². The van der Waals surface area contributed by atoms with E-state index in [2.05, 4.69) is 16.7 Å². The minimum Gasteiger partial charge on any atom is -0.283 e. The van der Waals surface area contributed by atoms with Gasteiger partial charge < -0.3 is 0 Å². The summed E-state index contributed by atoms with van der Waals surface area (Å²) in [4.78, 5) is 6.72. The molecule has 3 nitrogen and oxygen atoms in total. The molecule has 0 rings (SSSR count). The molecule has 80 valence electrons. The van der Waals surface area contributed by atoms with Gasteiger partial charge in [0.2, 0.25) is 7.59 Å². The van der Waals surface area contributed by atoms with Crippen LogP contribution in [-0.2, 0) is 0 Å². The number of alkyl halides is 6. The Bertz CT molecular complexity index is 272. The van der Waals surface area contributed by atoms with Crippen molar-refractivity contribution < 1.29 is 0 Å². The van der Waals surface area contributed by atoms with Crippen molar-refractivity contribution in [3.63, 3.8) is 0 Å². The van der Waals surface area contributed by atoms with Crippen LogP contribution in [0.25, 0.3) is 0 Å². The summed E-state index contributed by atoms with van der Waals surface area (Å²) in [5.74, 6) is -0.949. The van der Waals surface area contributed by atoms with Gasteiger partial charge >= 0.3 is 0 Å². The van der Waals surface area contributed by atoms with Crippen LogP contribution in [-0.4, -0.2) is 26.0 Å². The molecule has 0 bridgehead atoms. The van der Waals surface area contributed by atoms with E-state index < -0.39 is 13.4 Å². The van der Waals surface area contributed by atoms with Crippen molar-refractivity contribution in [3.8, 4) is 0 Å². The summed E-state index contributed by atoms with van der Waals surface area (Å²) in [6, 6.07) is 0. The molecular formula is C5H3Cl6N3. The number of hydrogen-bond acceptors (Lipinski definition) is 1. The van der Waals surface area contributed by atoms with Crippen LogP contribution in [0, 0.1) is 5.41 Å². The van der Waals surface area contributed by atoms with Gasteiger partial charge in [-0.2, -0.15) is 0 Å². The maximum Gasteiger partial charge on any atom is 0.250 e. The van der Waals surface area contributed by atoms with Gasteiger partial charge in [0.25, 0.3) is 0 Å². The van der Waals surface area contributed by atoms with Crippen molar-refractivity contribution in [2.24, 2.45) is 9.98 Å². The number of rotatable bonds is 0. The molecular weight excluding hydrogens is 315 g/mol. The first-order valence-electron chi connectivity index (χ1n) is 2.87. The molecule has 1 N–H and O–H groups in total. The highest BCUT2D eigenvalue weighted by molar-refractivity contribution is 6.78. The predicted octanol–water partition coefficient (Wildman–Crippen LogP) is 3.80. The highest BCUT2D eigenvalue weighted by atomic mass is 35.6. The van der Waals surface area contributed by atoms with Crippen LogP contribution in [0.4, 0.5) is 0 Å². The molecule has 0 aromatic rings. The first-order chi connectivity index (χ1) is 6.09. The summed E-state index contributed by atoms with van der Waals surface area (Å²) in [6.45, 7) is 3.10. The Labute approximate surface area is 110 Å². The van der Waals surface area contributed by atoms with E-state index in [4.69, 9.17) is 75.0 Å². The molecule has 0 saturated carbocycles. The van der Waals surface area contributed by atoms with E-state index >= 15 is 0 Å². The number of nitrogens with zero attached hydrogens (tertiary/aromatic N) is 2. The lowest BCUT2D eigenvalue weighted by molar-refractivity contribution is 1.30. The number of nitrogens with one attached hydrogen (secondary N) is 1. The molecule has 9 heteroatoms. The molecule has 0 aliphatic rings. The van der Waals surface area contributed by atoms with Crippen molar-refractivity contribution in [1.82, 2.24) is 0 Å². The van der Waals surface area contributed by atoms with E-state index in [9.17, 15) is 0 Å². The van der Waals surface area contributed by atoms with E-state index in [-0.39, 0.29) is 5.84 Å². The third-order valence-corrected chi connectivity index (χ3v) is 1.93. The quantitative estimate of drug-likeness (QED) is 0.401. The second-order valence-electron chi connectivity index (χ2n) is 1.94. The lowest BCUT2D eigenvalue weighted by Crippen LogP contribution is -2.23. The number of amidine groups is 2. The van der Waals surface area contributed by atoms with Crippen molar-refractivity contribution in [2.45, 2.75) is 7.59 Å². The summed E-state index contributed by atoms with van der Waals surface area (Å²) >= 11 is 32.3. The molecule has 0 heterocycles. The topological polar surface area (TPSA) is 48.6 Å². The van der Waals surface area contributed by atoms with Gasteiger partial charge in [-0.3, -0.25) is 5.41 Å². The fourth-order valence-electron chi connectivity index (χ4n) is 0.358. The summed E-state index contributed by atoms with van der Waals surface area (Å²) < 4.78 is -3.91. The van der Waals surface area contributed by atoms with Crippen LogP contribution in [0.15, 0.2) is 9.98 Å². The lowest BCUT2D eigenvalue weighted by atomic mass is 10.6. The standard InChI is InChI=1S/C5H3Cl6N3/c1-13-3(5(9,10)11)14-2(12)4(6,7)8/h12H,1H2. The largest absolute Gasteiger partial charge is 0.283 e. The van der Waals surface area contributed by atoms with Crippen LogP contribution in [0.5, 0.6) is 0 Å². The number of hydrogen-bond donors (Lipinski definition) is 1. The molecule has 0 aromatic carbocycles. The van der Waals surface area contributed by atoms with Crippen LogP contribution in [0.2, 0.25) is 0 Å². The Morgan fingerprint density at radius 2 is 1.43 bits per heavy atom. The molecule has 0 atom stereocenters. The average molecular weight is 318 g/mol. The zero-order valence-electron chi connectivity index (χ0n) is 6.37. The Balaban J connectivity index is 4.98. The Morgan fingerprint density at radius 1 is 1.00 bits per heavy atom. The van der Waals surface area contributed by atoms with Gasteiger partial charge in [-0.15, -0.1) is 0 Å². The van der Waals surface area contributed by atoms with E-state index in [0.29, 0.717) is 0 Å². The van der Waals surface area contributed by atoms with Crippen molar-refractivity contribution in [1.29, 1.82) is 5.41 Å². The molecule has 0 radical (unpaired) electrons. The Kier molecular flexibility index (Phi) is 5.47. The second-order valence-corrected chi connectivity index (χ2v) is 6.50. The van der Waals surface area contributed by atoms with E-state index in [1.165, 1.54) is 0 Å². The van der Waals surface area contributed by atoms with Gasteiger partial charge in [-0.1, -0.05) is 69.6 Å². The van der Waals surface area contributed by atoms with E-state index in [0.717, 1.165) is 0 Å². The van der Waals surface area contributed by atoms with Gasteiger partial charge in [0.15, 0.2) is 11.7 Å². The van der Waals surface area contributed by atoms with Gasteiger partial charge in [-0.05, 0) is 6.72 Å². The monoisotopic (exact) mass is 315 g/mol. The van der Waals surface area contributed by atoms with Crippen molar-refractivity contribution in [3.05, 3.63) is 0 Å². The summed E-state index contributed by atoms with van der Waals surface area (Å²) in [7, 11) is 0. The molecule has 0 fully saturated rings. The predicted molar refractivity (Wildman–Crippen MR) is 65.3 cm³/mol. The number of aliphatic imine (C=N–C) groups is 2. The molecule has 0 saturated heterocycles. The molecule has 0 unspecified atom stereocenters. The van der Waals surface area contributed by atoms with Gasteiger partial charge in [0.05, 0.1) is 0 Å². The summed E-state index contributed by atoms with van der Waals surface area (Å²) in [6.07, 6.45) is 0. The maximum absolute atomic E-state index is 7.21. The molecule has 0 aromatic heterocycles. The first kappa shape index (κ1) is 14.8. The number of halogens is 6. The highest BCUT2D eigenvalue weighted by Crippen LogP contribution is 2.32. The van der Waals surface area contributed by atoms with Gasteiger partial charge in [-0.25, -0.2) is 9.98 Å². The summed E-state index contributed by atoms with van der Waals surface area (Å²) in [5, 5.41) is 7.21. The summed E-state index contributed by atoms with van der Waals surface area (Å²) in [5.41, 5.74) is 0. The minimum absolute atomic E-state index is 0.334. The fourth-order valence-corrected chi connectivity index (χ4v) is 0.791. The molecule has 0 aliphatic heterocycles. The van der Waals surface area contributed by atoms with Crippen molar-refractivity contribution >= 4 is 88.0 Å². The normalized spacial score (nSPS) is 14.0. The fraction of sp³-hybridized carbons (Fsp3) is 0.400. The molecule has 0 spiro atoms. The first-order valence-corrected chi connectivity index (χ1v) is 5.14. The highest BCUT2D eigenvalue weighted by Gasteiger charge is 2.32. The van der Waals surface area contributed by atoms with Crippen LogP contribution < -0.4 is 0 Å². The van der Waals surface area contributed by atoms with Crippen LogP contribution >= 0.6 is 69.6 Å². The third kappa shape index (κ3) is 5.01.